The first-order valence-corrected chi connectivity index (χ1v) is 12.9. The fourth-order valence-electron chi connectivity index (χ4n) is 5.93. The molecule has 0 radical (unpaired) electrons. The molecule has 190 valence electrons. The maximum Gasteiger partial charge on any atom is 0.328 e. The summed E-state index contributed by atoms with van der Waals surface area (Å²) in [5, 5.41) is 6.60. The third-order valence-corrected chi connectivity index (χ3v) is 7.99. The highest BCUT2D eigenvalue weighted by Gasteiger charge is 2.49. The van der Waals surface area contributed by atoms with Crippen molar-refractivity contribution in [3.8, 4) is 0 Å². The Balaban J connectivity index is 1.37. The van der Waals surface area contributed by atoms with Crippen molar-refractivity contribution in [3.05, 3.63) is 58.1 Å². The normalized spacial score (nSPS) is 29.4. The maximum absolute atomic E-state index is 13.2. The van der Waals surface area contributed by atoms with E-state index in [0.717, 1.165) is 31.5 Å². The van der Waals surface area contributed by atoms with Crippen LogP contribution >= 0.6 is 11.6 Å². The van der Waals surface area contributed by atoms with Gasteiger partial charge in [-0.1, -0.05) is 37.6 Å². The van der Waals surface area contributed by atoms with Crippen molar-refractivity contribution in [2.24, 2.45) is 10.9 Å². The van der Waals surface area contributed by atoms with E-state index >= 15 is 0 Å². The van der Waals surface area contributed by atoms with Crippen LogP contribution in [-0.4, -0.2) is 71.6 Å². The summed E-state index contributed by atoms with van der Waals surface area (Å²) in [6.07, 6.45) is 6.19. The summed E-state index contributed by atoms with van der Waals surface area (Å²) in [5.41, 5.74) is 1.71. The molecular weight excluding hydrogens is 482 g/mol. The van der Waals surface area contributed by atoms with Crippen LogP contribution in [0, 0.1) is 5.92 Å². The summed E-state index contributed by atoms with van der Waals surface area (Å²) < 4.78 is 11.9. The molecule has 0 saturated carbocycles. The number of dihydropyridines is 1. The van der Waals surface area contributed by atoms with Crippen LogP contribution in [0.3, 0.4) is 0 Å². The van der Waals surface area contributed by atoms with Crippen molar-refractivity contribution in [1.82, 2.24) is 20.4 Å². The Bertz CT molecular complexity index is 1180. The number of piperidine rings is 1. The number of carbonyl (C=O) groups excluding carboxylic acids is 2. The van der Waals surface area contributed by atoms with E-state index in [0.29, 0.717) is 41.9 Å². The van der Waals surface area contributed by atoms with Gasteiger partial charge in [0.2, 0.25) is 5.91 Å². The number of nitrogens with zero attached hydrogens (tertiary/aromatic N) is 3. The number of aliphatic imine (C=N–C) groups is 1. The molecule has 2 atom stereocenters. The zero-order chi connectivity index (χ0) is 25.1. The first-order valence-electron chi connectivity index (χ1n) is 12.5. The number of likely N-dealkylation sites (tertiary alicyclic amines) is 1. The number of ether oxygens (including phenoxy) is 2. The average molecular weight is 512 g/mol. The Kier molecular flexibility index (Phi) is 5.71. The molecule has 1 spiro atoms. The lowest BCUT2D eigenvalue weighted by Crippen LogP contribution is -2.58. The third kappa shape index (κ3) is 3.85. The van der Waals surface area contributed by atoms with Crippen molar-refractivity contribution in [3.63, 3.8) is 0 Å². The molecule has 3 amide bonds. The molecule has 9 nitrogen and oxygen atoms in total. The first kappa shape index (κ1) is 23.7. The Morgan fingerprint density at radius 1 is 1.11 bits per heavy atom. The Labute approximate surface area is 215 Å². The summed E-state index contributed by atoms with van der Waals surface area (Å²) in [6, 6.07) is 6.93. The van der Waals surface area contributed by atoms with Gasteiger partial charge >= 0.3 is 6.03 Å². The fourth-order valence-corrected chi connectivity index (χ4v) is 6.06. The van der Waals surface area contributed by atoms with Gasteiger partial charge in [-0.25, -0.2) is 4.79 Å². The van der Waals surface area contributed by atoms with Crippen LogP contribution in [0.2, 0.25) is 5.02 Å². The maximum atomic E-state index is 13.2. The summed E-state index contributed by atoms with van der Waals surface area (Å²) >= 11 is 6.14. The molecule has 2 unspecified atom stereocenters. The zero-order valence-electron chi connectivity index (χ0n) is 20.4. The van der Waals surface area contributed by atoms with E-state index < -0.39 is 17.4 Å². The minimum Gasteiger partial charge on any atom is -0.347 e. The predicted molar refractivity (Wildman–Crippen MR) is 134 cm³/mol. The van der Waals surface area contributed by atoms with E-state index in [-0.39, 0.29) is 17.9 Å². The van der Waals surface area contributed by atoms with Crippen molar-refractivity contribution in [2.45, 2.75) is 50.5 Å². The van der Waals surface area contributed by atoms with Crippen LogP contribution in [0.15, 0.2) is 52.5 Å². The van der Waals surface area contributed by atoms with E-state index in [1.807, 2.05) is 44.3 Å². The van der Waals surface area contributed by atoms with E-state index in [2.05, 4.69) is 21.6 Å². The number of nitrogens with one attached hydrogen (secondary N) is 2. The monoisotopic (exact) mass is 511 g/mol. The number of benzene rings is 1. The topological polar surface area (TPSA) is 95.5 Å². The second-order valence-corrected chi connectivity index (χ2v) is 10.8. The molecule has 36 heavy (non-hydrogen) atoms. The van der Waals surface area contributed by atoms with E-state index in [1.165, 1.54) is 4.90 Å². The van der Waals surface area contributed by atoms with Gasteiger partial charge in [-0.05, 0) is 36.1 Å². The van der Waals surface area contributed by atoms with Gasteiger partial charge < -0.3 is 20.1 Å². The van der Waals surface area contributed by atoms with Gasteiger partial charge in [-0.2, -0.15) is 0 Å². The number of halogens is 1. The van der Waals surface area contributed by atoms with Crippen LogP contribution in [0.1, 0.15) is 32.3 Å². The largest absolute Gasteiger partial charge is 0.347 e. The zero-order valence-corrected chi connectivity index (χ0v) is 21.2. The molecule has 0 bridgehead atoms. The standard InChI is InChI=1S/C26H30ClN5O4/c1-16(2)21-23(33)30-22-20-19(29-24(34)32(21)22)14-25(15-28-20,13-17-3-5-18(27)6-4-17)31-9-7-26(8-10-31)35-11-12-36-26/h3-6,14-16,21H,7-13H2,1-2H3,(H,29,34)(H,30,33). The van der Waals surface area contributed by atoms with Gasteiger partial charge in [0.1, 0.15) is 17.6 Å². The quantitative estimate of drug-likeness (QED) is 0.648. The number of amides is 3. The van der Waals surface area contributed by atoms with Crippen LogP contribution < -0.4 is 10.6 Å². The Hall–Kier alpha value is -2.72. The summed E-state index contributed by atoms with van der Waals surface area (Å²) in [5.74, 6) is -0.258. The highest BCUT2D eigenvalue weighted by Crippen LogP contribution is 2.39. The number of hydrogen-bond acceptors (Lipinski definition) is 6. The van der Waals surface area contributed by atoms with Gasteiger partial charge in [-0.15, -0.1) is 0 Å². The number of hydrogen-bond donors (Lipinski definition) is 2. The molecule has 5 aliphatic heterocycles. The van der Waals surface area contributed by atoms with Gasteiger partial charge in [0, 0.05) is 37.2 Å². The lowest BCUT2D eigenvalue weighted by atomic mass is 9.84. The number of urea groups is 1. The van der Waals surface area contributed by atoms with Gasteiger partial charge in [0.05, 0.1) is 24.4 Å². The lowest BCUT2D eigenvalue weighted by Gasteiger charge is -2.47. The second kappa shape index (κ2) is 8.69. The molecule has 3 fully saturated rings. The predicted octanol–water partition coefficient (Wildman–Crippen LogP) is 2.78. The number of carbonyl (C=O) groups is 2. The van der Waals surface area contributed by atoms with E-state index in [4.69, 9.17) is 26.1 Å². The molecule has 0 aromatic heterocycles. The van der Waals surface area contributed by atoms with Crippen molar-refractivity contribution >= 4 is 29.8 Å². The molecule has 6 rings (SSSR count). The number of rotatable bonds is 4. The minimum atomic E-state index is -0.580. The summed E-state index contributed by atoms with van der Waals surface area (Å²) in [6.45, 7) is 6.62. The molecule has 2 N–H and O–H groups in total. The molecule has 1 aromatic rings. The van der Waals surface area contributed by atoms with Gasteiger partial charge in [0.25, 0.3) is 0 Å². The SMILES string of the molecule is CC(C)C1C(=O)NC2=C3N=CC(Cc4ccc(Cl)cc4)(N4CCC5(CC4)OCCO5)C=C3NC(=O)N21. The molecular formula is C26H30ClN5O4. The van der Waals surface area contributed by atoms with Crippen LogP contribution in [-0.2, 0) is 20.7 Å². The molecule has 0 aliphatic carbocycles. The first-order chi connectivity index (χ1) is 17.3. The highest BCUT2D eigenvalue weighted by molar-refractivity contribution is 6.30. The van der Waals surface area contributed by atoms with Crippen molar-refractivity contribution in [1.29, 1.82) is 0 Å². The van der Waals surface area contributed by atoms with E-state index in [1.54, 1.807) is 0 Å². The second-order valence-electron chi connectivity index (χ2n) is 10.4. The highest BCUT2D eigenvalue weighted by atomic mass is 35.5. The third-order valence-electron chi connectivity index (χ3n) is 7.74. The van der Waals surface area contributed by atoms with E-state index in [9.17, 15) is 9.59 Å². The van der Waals surface area contributed by atoms with Crippen LogP contribution in [0.25, 0.3) is 0 Å². The Morgan fingerprint density at radius 3 is 2.47 bits per heavy atom. The van der Waals surface area contributed by atoms with Crippen molar-refractivity contribution in [2.75, 3.05) is 26.3 Å². The molecule has 5 aliphatic rings. The summed E-state index contributed by atoms with van der Waals surface area (Å²) in [4.78, 5) is 34.6. The Morgan fingerprint density at radius 2 is 1.81 bits per heavy atom. The van der Waals surface area contributed by atoms with Gasteiger partial charge in [0.15, 0.2) is 5.79 Å². The molecule has 10 heteroatoms. The number of fused-ring (bicyclic) bond motifs is 2. The molecule has 1 aromatic carbocycles. The van der Waals surface area contributed by atoms with Crippen molar-refractivity contribution < 1.29 is 19.1 Å². The fraction of sp³-hybridized carbons (Fsp3) is 0.500. The molecule has 5 heterocycles. The minimum absolute atomic E-state index is 0.0309. The van der Waals surface area contributed by atoms with Crippen LogP contribution in [0.4, 0.5) is 4.79 Å². The summed E-state index contributed by atoms with van der Waals surface area (Å²) in [7, 11) is 0. The molecule has 3 saturated heterocycles. The van der Waals surface area contributed by atoms with Crippen LogP contribution in [0.5, 0.6) is 0 Å². The lowest BCUT2D eigenvalue weighted by molar-refractivity contribution is -0.188. The smallest absolute Gasteiger partial charge is 0.328 e. The average Bonchev–Trinajstić information content (AvgIpc) is 3.45. The van der Waals surface area contributed by atoms with Gasteiger partial charge in [-0.3, -0.25) is 19.6 Å².